The molecule has 14 heavy (non-hydrogen) atoms. The summed E-state index contributed by atoms with van der Waals surface area (Å²) in [5.74, 6) is 0. The first kappa shape index (κ1) is 12.0. The Morgan fingerprint density at radius 3 is 2.64 bits per heavy atom. The maximum atomic E-state index is 9.64. The molecule has 0 bridgehead atoms. The Hall–Kier alpha value is -0.120. The van der Waals surface area contributed by atoms with Crippen LogP contribution in [-0.2, 0) is 9.47 Å². The molecular formula is C11H22O3. The molecule has 3 unspecified atom stereocenters. The van der Waals surface area contributed by atoms with Crippen LogP contribution in [0.1, 0.15) is 33.1 Å². The van der Waals surface area contributed by atoms with Crippen LogP contribution in [0.4, 0.5) is 0 Å². The molecule has 1 fully saturated rings. The Bertz CT molecular complexity index is 172. The van der Waals surface area contributed by atoms with Crippen molar-refractivity contribution in [2.45, 2.75) is 45.3 Å². The topological polar surface area (TPSA) is 38.7 Å². The molecule has 1 aliphatic rings. The molecule has 0 saturated heterocycles. The first-order chi connectivity index (χ1) is 6.65. The van der Waals surface area contributed by atoms with Crippen LogP contribution in [0.3, 0.4) is 0 Å². The number of aliphatic hydroxyl groups excluding tert-OH is 1. The summed E-state index contributed by atoms with van der Waals surface area (Å²) in [5, 5.41) is 9.64. The third kappa shape index (κ3) is 2.27. The lowest BCUT2D eigenvalue weighted by Crippen LogP contribution is -2.56. The van der Waals surface area contributed by atoms with Gasteiger partial charge in [0, 0.05) is 32.2 Å². The number of aliphatic hydroxyl groups is 1. The van der Waals surface area contributed by atoms with Crippen molar-refractivity contribution in [3.63, 3.8) is 0 Å². The van der Waals surface area contributed by atoms with Gasteiger partial charge in [-0.15, -0.1) is 0 Å². The zero-order valence-corrected chi connectivity index (χ0v) is 9.45. The van der Waals surface area contributed by atoms with E-state index in [-0.39, 0.29) is 17.6 Å². The summed E-state index contributed by atoms with van der Waals surface area (Å²) in [5.41, 5.74) is -0.0208. The van der Waals surface area contributed by atoms with E-state index in [1.54, 1.807) is 7.11 Å². The summed E-state index contributed by atoms with van der Waals surface area (Å²) in [7, 11) is 1.70. The minimum atomic E-state index is -0.181. The van der Waals surface area contributed by atoms with Crippen molar-refractivity contribution >= 4 is 0 Å². The Morgan fingerprint density at radius 2 is 2.14 bits per heavy atom. The van der Waals surface area contributed by atoms with Crippen molar-refractivity contribution in [1.82, 2.24) is 0 Å². The average Bonchev–Trinajstić information content (AvgIpc) is 2.21. The van der Waals surface area contributed by atoms with Crippen LogP contribution in [0.15, 0.2) is 0 Å². The van der Waals surface area contributed by atoms with E-state index < -0.39 is 0 Å². The Labute approximate surface area is 86.4 Å². The van der Waals surface area contributed by atoms with Crippen molar-refractivity contribution in [3.8, 4) is 0 Å². The van der Waals surface area contributed by atoms with E-state index in [2.05, 4.69) is 13.8 Å². The third-order valence-electron chi connectivity index (χ3n) is 3.51. The van der Waals surface area contributed by atoms with Crippen LogP contribution in [0.25, 0.3) is 0 Å². The Kier molecular flexibility index (Phi) is 4.35. The minimum absolute atomic E-state index is 0.0208. The van der Waals surface area contributed by atoms with Gasteiger partial charge in [-0.05, 0) is 12.8 Å². The molecule has 3 nitrogen and oxygen atoms in total. The summed E-state index contributed by atoms with van der Waals surface area (Å²) in [6, 6.07) is 0. The molecule has 0 aromatic rings. The highest BCUT2D eigenvalue weighted by molar-refractivity contribution is 5.00. The molecule has 0 amide bonds. The minimum Gasteiger partial charge on any atom is -0.392 e. The number of ether oxygens (including phenoxy) is 2. The molecular weight excluding hydrogens is 180 g/mol. The molecule has 0 radical (unpaired) electrons. The van der Waals surface area contributed by atoms with Crippen molar-refractivity contribution < 1.29 is 14.6 Å². The molecule has 0 aromatic heterocycles. The zero-order chi connectivity index (χ0) is 10.6. The van der Waals surface area contributed by atoms with E-state index in [1.807, 2.05) is 0 Å². The number of hydrogen-bond donors (Lipinski definition) is 1. The normalized spacial score (nSPS) is 36.9. The third-order valence-corrected chi connectivity index (χ3v) is 3.51. The first-order valence-corrected chi connectivity index (χ1v) is 5.43. The molecule has 3 atom stereocenters. The van der Waals surface area contributed by atoms with Gasteiger partial charge in [-0.3, -0.25) is 0 Å². The molecule has 0 aliphatic heterocycles. The van der Waals surface area contributed by atoms with E-state index in [0.717, 1.165) is 32.5 Å². The quantitative estimate of drug-likeness (QED) is 0.665. The molecule has 0 aromatic carbocycles. The van der Waals surface area contributed by atoms with Gasteiger partial charge in [0.1, 0.15) is 0 Å². The second-order valence-electron chi connectivity index (χ2n) is 4.32. The van der Waals surface area contributed by atoms with Crippen LogP contribution in [0, 0.1) is 5.41 Å². The van der Waals surface area contributed by atoms with E-state index in [4.69, 9.17) is 9.47 Å². The van der Waals surface area contributed by atoms with E-state index in [1.165, 1.54) is 0 Å². The van der Waals surface area contributed by atoms with Crippen molar-refractivity contribution in [2.75, 3.05) is 20.3 Å². The number of rotatable bonds is 6. The van der Waals surface area contributed by atoms with Crippen molar-refractivity contribution in [3.05, 3.63) is 0 Å². The standard InChI is InChI=1S/C11H22O3/c1-4-11(2)9(12)8-10(11)14-7-5-6-13-3/h9-10,12H,4-8H2,1-3H3. The second-order valence-corrected chi connectivity index (χ2v) is 4.32. The molecule has 0 heterocycles. The average molecular weight is 202 g/mol. The van der Waals surface area contributed by atoms with Crippen molar-refractivity contribution in [2.24, 2.45) is 5.41 Å². The molecule has 1 aliphatic carbocycles. The molecule has 1 saturated carbocycles. The lowest BCUT2D eigenvalue weighted by molar-refractivity contribution is -0.186. The van der Waals surface area contributed by atoms with Gasteiger partial charge in [0.2, 0.25) is 0 Å². The molecule has 1 rings (SSSR count). The van der Waals surface area contributed by atoms with E-state index in [0.29, 0.717) is 0 Å². The summed E-state index contributed by atoms with van der Waals surface area (Å²) < 4.78 is 10.7. The highest BCUT2D eigenvalue weighted by atomic mass is 16.5. The Morgan fingerprint density at radius 1 is 1.43 bits per heavy atom. The smallest absolute Gasteiger partial charge is 0.0678 e. The fourth-order valence-corrected chi connectivity index (χ4v) is 1.95. The van der Waals surface area contributed by atoms with Crippen LogP contribution in [-0.4, -0.2) is 37.6 Å². The highest BCUT2D eigenvalue weighted by Crippen LogP contribution is 2.45. The van der Waals surface area contributed by atoms with Crippen molar-refractivity contribution in [1.29, 1.82) is 0 Å². The van der Waals surface area contributed by atoms with Gasteiger partial charge in [-0.25, -0.2) is 0 Å². The summed E-state index contributed by atoms with van der Waals surface area (Å²) in [4.78, 5) is 0. The SMILES string of the molecule is CCC1(C)C(O)CC1OCCCOC. The van der Waals surface area contributed by atoms with Gasteiger partial charge >= 0.3 is 0 Å². The summed E-state index contributed by atoms with van der Waals surface area (Å²) >= 11 is 0. The summed E-state index contributed by atoms with van der Waals surface area (Å²) in [6.07, 6.45) is 2.75. The van der Waals surface area contributed by atoms with E-state index >= 15 is 0 Å². The number of hydrogen-bond acceptors (Lipinski definition) is 3. The molecule has 1 N–H and O–H groups in total. The maximum Gasteiger partial charge on any atom is 0.0678 e. The lowest BCUT2D eigenvalue weighted by atomic mass is 9.63. The Balaban J connectivity index is 2.20. The van der Waals surface area contributed by atoms with E-state index in [9.17, 15) is 5.11 Å². The van der Waals surface area contributed by atoms with Gasteiger partial charge in [-0.1, -0.05) is 13.8 Å². The first-order valence-electron chi connectivity index (χ1n) is 5.43. The van der Waals surface area contributed by atoms with Gasteiger partial charge in [-0.2, -0.15) is 0 Å². The summed E-state index contributed by atoms with van der Waals surface area (Å²) in [6.45, 7) is 5.69. The van der Waals surface area contributed by atoms with Crippen LogP contribution < -0.4 is 0 Å². The van der Waals surface area contributed by atoms with Crippen LogP contribution in [0.5, 0.6) is 0 Å². The van der Waals surface area contributed by atoms with Gasteiger partial charge in [0.15, 0.2) is 0 Å². The number of methoxy groups -OCH3 is 1. The van der Waals surface area contributed by atoms with Crippen LogP contribution >= 0.6 is 0 Å². The van der Waals surface area contributed by atoms with Gasteiger partial charge < -0.3 is 14.6 Å². The predicted molar refractivity (Wildman–Crippen MR) is 55.3 cm³/mol. The zero-order valence-electron chi connectivity index (χ0n) is 9.45. The maximum absolute atomic E-state index is 9.64. The molecule has 0 spiro atoms. The lowest BCUT2D eigenvalue weighted by Gasteiger charge is -2.50. The highest BCUT2D eigenvalue weighted by Gasteiger charge is 2.50. The second kappa shape index (κ2) is 5.10. The monoisotopic (exact) mass is 202 g/mol. The van der Waals surface area contributed by atoms with Gasteiger partial charge in [0.25, 0.3) is 0 Å². The predicted octanol–water partition coefficient (Wildman–Crippen LogP) is 1.59. The fourth-order valence-electron chi connectivity index (χ4n) is 1.95. The van der Waals surface area contributed by atoms with Gasteiger partial charge in [0.05, 0.1) is 12.2 Å². The molecule has 3 heteroatoms. The fraction of sp³-hybridized carbons (Fsp3) is 1.00. The molecule has 84 valence electrons. The van der Waals surface area contributed by atoms with Crippen LogP contribution in [0.2, 0.25) is 0 Å². The largest absolute Gasteiger partial charge is 0.392 e.